The molecule has 11 rings (SSSR count). The first-order valence-corrected chi connectivity index (χ1v) is 21.6. The van der Waals surface area contributed by atoms with Gasteiger partial charge >= 0.3 is 0 Å². The van der Waals surface area contributed by atoms with Crippen molar-refractivity contribution >= 4 is 89.5 Å². The molecule has 0 bridgehead atoms. The summed E-state index contributed by atoms with van der Waals surface area (Å²) in [6.07, 6.45) is 3.97. The van der Waals surface area contributed by atoms with Crippen LogP contribution < -0.4 is 26.2 Å². The monoisotopic (exact) mass is 758 g/mol. The van der Waals surface area contributed by atoms with Crippen LogP contribution in [0.3, 0.4) is 0 Å². The summed E-state index contributed by atoms with van der Waals surface area (Å²) in [5.74, 6) is 0. The van der Waals surface area contributed by atoms with Gasteiger partial charge in [-0.2, -0.15) is 0 Å². The maximum Gasteiger partial charge on any atom is 0.252 e. The minimum atomic E-state index is 0.115. The number of rotatable bonds is 7. The number of benzene rings is 9. The zero-order valence-corrected chi connectivity index (χ0v) is 34.4. The predicted octanol–water partition coefficient (Wildman–Crippen LogP) is 13.1. The highest BCUT2D eigenvalue weighted by atomic mass is 15.2. The van der Waals surface area contributed by atoms with Gasteiger partial charge in [0.2, 0.25) is 0 Å². The fourth-order valence-corrected chi connectivity index (χ4v) is 10.3. The van der Waals surface area contributed by atoms with Crippen LogP contribution in [0.25, 0.3) is 43.4 Å². The normalized spacial score (nSPS) is 12.9. The summed E-state index contributed by atoms with van der Waals surface area (Å²) in [7, 11) is 0. The first-order chi connectivity index (χ1) is 29.1. The summed E-state index contributed by atoms with van der Waals surface area (Å²) >= 11 is 0. The van der Waals surface area contributed by atoms with Crippen LogP contribution in [-0.2, 0) is 25.7 Å². The lowest BCUT2D eigenvalue weighted by Crippen LogP contribution is -2.61. The maximum absolute atomic E-state index is 2.56. The molecule has 9 aromatic carbocycles. The number of nitrogens with zero attached hydrogens (tertiary/aromatic N) is 2. The van der Waals surface area contributed by atoms with E-state index in [1.165, 1.54) is 116 Å². The molecule has 0 saturated heterocycles. The lowest BCUT2D eigenvalue weighted by molar-refractivity contribution is 1.13. The Kier molecular flexibility index (Phi) is 8.48. The van der Waals surface area contributed by atoms with Gasteiger partial charge in [-0.05, 0) is 162 Å². The van der Waals surface area contributed by atoms with Crippen LogP contribution in [0.2, 0.25) is 0 Å². The van der Waals surface area contributed by atoms with Crippen molar-refractivity contribution in [3.05, 3.63) is 186 Å². The Morgan fingerprint density at radius 2 is 0.881 bits per heavy atom. The third-order valence-corrected chi connectivity index (χ3v) is 13.3. The summed E-state index contributed by atoms with van der Waals surface area (Å²) in [5, 5.41) is 7.83. The molecule has 2 aliphatic heterocycles. The maximum atomic E-state index is 2.56. The lowest BCUT2D eigenvalue weighted by Gasteiger charge is -2.44. The largest absolute Gasteiger partial charge is 0.311 e. The van der Waals surface area contributed by atoms with E-state index >= 15 is 0 Å². The predicted molar refractivity (Wildman–Crippen MR) is 256 cm³/mol. The highest BCUT2D eigenvalue weighted by molar-refractivity contribution is 7.00. The molecule has 0 aliphatic carbocycles. The molecule has 0 radical (unpaired) electrons. The van der Waals surface area contributed by atoms with E-state index in [0.29, 0.717) is 0 Å². The molecule has 0 amide bonds. The van der Waals surface area contributed by atoms with Crippen LogP contribution in [0.5, 0.6) is 0 Å². The Labute approximate surface area is 348 Å². The van der Waals surface area contributed by atoms with Crippen LogP contribution in [-0.4, -0.2) is 6.71 Å². The summed E-state index contributed by atoms with van der Waals surface area (Å²) in [6, 6.07) is 62.7. The molecule has 2 heterocycles. The molecule has 0 aromatic heterocycles. The zero-order chi connectivity index (χ0) is 39.8. The van der Waals surface area contributed by atoms with Crippen LogP contribution in [0.15, 0.2) is 164 Å². The second-order valence-electron chi connectivity index (χ2n) is 16.4. The topological polar surface area (TPSA) is 6.48 Å². The first kappa shape index (κ1) is 35.6. The van der Waals surface area contributed by atoms with E-state index in [1.54, 1.807) is 0 Å². The van der Waals surface area contributed by atoms with E-state index in [0.717, 1.165) is 25.7 Å². The van der Waals surface area contributed by atoms with Gasteiger partial charge in [-0.3, -0.25) is 0 Å². The number of aryl methyl sites for hydroxylation is 4. The zero-order valence-electron chi connectivity index (χ0n) is 34.4. The van der Waals surface area contributed by atoms with E-state index < -0.39 is 0 Å². The standard InChI is InChI=1S/C56H47BN2/c1-5-36-20-26-41(27-21-36)58-52-30-22-37(6-2)32-50(52)57-51-33-38(7-3)23-31-53(51)59(55-19-13-18-54(58)56(55)57)42-28-24-39(8-4)48(35-42)40-25-29-47-45-16-10-9-14-43(45)44-15-11-12-17-46(44)49(47)34-40/h9-35H,5-8H2,1-4H3. The number of hydrogen-bond acceptors (Lipinski definition) is 2. The van der Waals surface area contributed by atoms with Crippen molar-refractivity contribution in [1.29, 1.82) is 0 Å². The van der Waals surface area contributed by atoms with Crippen molar-refractivity contribution in [3.63, 3.8) is 0 Å². The van der Waals surface area contributed by atoms with Gasteiger partial charge in [0, 0.05) is 34.1 Å². The second kappa shape index (κ2) is 14.1. The van der Waals surface area contributed by atoms with E-state index in [9.17, 15) is 0 Å². The van der Waals surface area contributed by atoms with Gasteiger partial charge in [-0.1, -0.05) is 137 Å². The van der Waals surface area contributed by atoms with Crippen LogP contribution in [0, 0.1) is 0 Å². The molecule has 0 fully saturated rings. The highest BCUT2D eigenvalue weighted by Gasteiger charge is 2.43. The van der Waals surface area contributed by atoms with E-state index in [4.69, 9.17) is 0 Å². The fraction of sp³-hybridized carbons (Fsp3) is 0.143. The average molecular weight is 759 g/mol. The molecule has 0 spiro atoms. The average Bonchev–Trinajstić information content (AvgIpc) is 3.31. The summed E-state index contributed by atoms with van der Waals surface area (Å²) in [6.45, 7) is 9.18. The van der Waals surface area contributed by atoms with Crippen molar-refractivity contribution < 1.29 is 0 Å². The molecule has 0 unspecified atom stereocenters. The second-order valence-corrected chi connectivity index (χ2v) is 16.4. The minimum absolute atomic E-state index is 0.115. The Morgan fingerprint density at radius 3 is 1.44 bits per heavy atom. The Balaban J connectivity index is 1.15. The van der Waals surface area contributed by atoms with Gasteiger partial charge in [-0.25, -0.2) is 0 Å². The van der Waals surface area contributed by atoms with Gasteiger partial charge < -0.3 is 9.80 Å². The summed E-state index contributed by atoms with van der Waals surface area (Å²) < 4.78 is 0. The first-order valence-electron chi connectivity index (χ1n) is 21.6. The van der Waals surface area contributed by atoms with Gasteiger partial charge in [-0.15, -0.1) is 0 Å². The third-order valence-electron chi connectivity index (χ3n) is 13.3. The van der Waals surface area contributed by atoms with E-state index in [1.807, 2.05) is 0 Å². The third kappa shape index (κ3) is 5.48. The molecule has 2 aliphatic rings. The van der Waals surface area contributed by atoms with Crippen LogP contribution in [0.4, 0.5) is 34.1 Å². The minimum Gasteiger partial charge on any atom is -0.311 e. The van der Waals surface area contributed by atoms with Crippen molar-refractivity contribution in [2.75, 3.05) is 9.80 Å². The molecule has 9 aromatic rings. The number of fused-ring (bicyclic) bond motifs is 10. The number of hydrogen-bond donors (Lipinski definition) is 0. The van der Waals surface area contributed by atoms with Crippen molar-refractivity contribution in [1.82, 2.24) is 0 Å². The van der Waals surface area contributed by atoms with Crippen molar-refractivity contribution in [2.45, 2.75) is 53.4 Å². The van der Waals surface area contributed by atoms with Gasteiger partial charge in [0.05, 0.1) is 0 Å². The summed E-state index contributed by atoms with van der Waals surface area (Å²) in [5.41, 5.74) is 19.6. The van der Waals surface area contributed by atoms with Gasteiger partial charge in [0.15, 0.2) is 0 Å². The molecule has 0 N–H and O–H groups in total. The Morgan fingerprint density at radius 1 is 0.373 bits per heavy atom. The quantitative estimate of drug-likeness (QED) is 0.118. The Hall–Kier alpha value is -6.58. The van der Waals surface area contributed by atoms with Gasteiger partial charge in [0.1, 0.15) is 0 Å². The van der Waals surface area contributed by atoms with Crippen molar-refractivity contribution in [2.24, 2.45) is 0 Å². The molecule has 59 heavy (non-hydrogen) atoms. The lowest BCUT2D eigenvalue weighted by atomic mass is 9.33. The van der Waals surface area contributed by atoms with Crippen molar-refractivity contribution in [3.8, 4) is 11.1 Å². The Bertz CT molecular complexity index is 3090. The molecule has 2 nitrogen and oxygen atoms in total. The smallest absolute Gasteiger partial charge is 0.252 e. The highest BCUT2D eigenvalue weighted by Crippen LogP contribution is 2.46. The van der Waals surface area contributed by atoms with E-state index in [2.05, 4.69) is 201 Å². The molecular formula is C56H47BN2. The SMILES string of the molecule is CCc1ccc(N2c3ccc(CC)cc3B3c4cc(CC)ccc4N(c4ccc(CC)c(-c5ccc6c7ccccc7c7ccccc7c6c5)c4)c4cccc2c43)cc1. The summed E-state index contributed by atoms with van der Waals surface area (Å²) in [4.78, 5) is 5.08. The molecule has 0 atom stereocenters. The molecular weight excluding hydrogens is 711 g/mol. The van der Waals surface area contributed by atoms with Crippen LogP contribution >= 0.6 is 0 Å². The van der Waals surface area contributed by atoms with E-state index in [-0.39, 0.29) is 6.71 Å². The number of anilines is 6. The molecule has 3 heteroatoms. The molecule has 284 valence electrons. The molecule has 0 saturated carbocycles. The fourth-order valence-electron chi connectivity index (χ4n) is 10.3. The van der Waals surface area contributed by atoms with Crippen LogP contribution in [0.1, 0.15) is 49.9 Å². The van der Waals surface area contributed by atoms with Gasteiger partial charge in [0.25, 0.3) is 6.71 Å².